The Balaban J connectivity index is 1.94. The standard InChI is InChI=1S/C26H29NO9/c1-3-4-5-9-16(30)36-22-13-10-15(29)19(25(27)34)23(32)26(13,35)24(33)20-17(22)11(2)12-7-6-8-14(28)18(12)21(20)31/h6-8,11,13,17,22,28,31-32,35H,3-5,9-10H2,1-2H3,(H2,27,34). The van der Waals surface area contributed by atoms with E-state index in [9.17, 15) is 39.6 Å². The van der Waals surface area contributed by atoms with Crippen molar-refractivity contribution in [3.05, 3.63) is 46.2 Å². The van der Waals surface area contributed by atoms with Crippen molar-refractivity contribution in [2.75, 3.05) is 0 Å². The van der Waals surface area contributed by atoms with Gasteiger partial charge < -0.3 is 30.9 Å². The zero-order valence-electron chi connectivity index (χ0n) is 20.0. The second kappa shape index (κ2) is 9.09. The van der Waals surface area contributed by atoms with Crippen LogP contribution in [-0.2, 0) is 23.9 Å². The van der Waals surface area contributed by atoms with E-state index in [1.807, 2.05) is 6.92 Å². The number of nitrogens with two attached hydrogens (primary N) is 1. The molecular formula is C26H29NO9. The number of aliphatic hydroxyl groups is 3. The maximum Gasteiger partial charge on any atom is 0.306 e. The SMILES string of the molecule is CCCCCC(=O)OC1C2C(=C(O)c3c(O)cccc3C2C)C(=O)C2(O)C(O)=C(C(N)=O)C(=O)CC12. The summed E-state index contributed by atoms with van der Waals surface area (Å²) in [7, 11) is 0. The largest absolute Gasteiger partial charge is 0.508 e. The Hall–Kier alpha value is -3.66. The van der Waals surface area contributed by atoms with Crippen LogP contribution in [0, 0.1) is 11.8 Å². The molecule has 192 valence electrons. The average Bonchev–Trinajstić information content (AvgIpc) is 2.81. The minimum atomic E-state index is -2.85. The Morgan fingerprint density at radius 2 is 1.86 bits per heavy atom. The summed E-state index contributed by atoms with van der Waals surface area (Å²) in [4.78, 5) is 51.2. The highest BCUT2D eigenvalue weighted by Gasteiger charge is 2.66. The number of unbranched alkanes of at least 4 members (excludes halogenated alkanes) is 2. The molecule has 5 atom stereocenters. The zero-order chi connectivity index (χ0) is 26.5. The molecule has 36 heavy (non-hydrogen) atoms. The van der Waals surface area contributed by atoms with Crippen molar-refractivity contribution in [1.82, 2.24) is 0 Å². The van der Waals surface area contributed by atoms with E-state index in [0.29, 0.717) is 12.0 Å². The number of rotatable bonds is 6. The fourth-order valence-electron chi connectivity index (χ4n) is 5.81. The van der Waals surface area contributed by atoms with Gasteiger partial charge in [-0.25, -0.2) is 0 Å². The third-order valence-corrected chi connectivity index (χ3v) is 7.59. The Bertz CT molecular complexity index is 1230. The number of fused-ring (bicyclic) bond motifs is 3. The number of carbonyl (C=O) groups excluding carboxylic acids is 4. The molecule has 1 aromatic carbocycles. The minimum absolute atomic E-state index is 0.0230. The third-order valence-electron chi connectivity index (χ3n) is 7.59. The highest BCUT2D eigenvalue weighted by molar-refractivity contribution is 6.23. The molecule has 0 bridgehead atoms. The van der Waals surface area contributed by atoms with Gasteiger partial charge in [0.2, 0.25) is 5.78 Å². The lowest BCUT2D eigenvalue weighted by Crippen LogP contribution is -2.64. The average molecular weight is 500 g/mol. The van der Waals surface area contributed by atoms with Gasteiger partial charge in [0.25, 0.3) is 5.91 Å². The molecule has 10 nitrogen and oxygen atoms in total. The number of ether oxygens (including phenoxy) is 1. The number of amides is 1. The number of esters is 1. The van der Waals surface area contributed by atoms with Crippen LogP contribution in [0.3, 0.4) is 0 Å². The molecule has 0 aromatic heterocycles. The number of hydrogen-bond donors (Lipinski definition) is 5. The minimum Gasteiger partial charge on any atom is -0.508 e. The second-order valence-corrected chi connectivity index (χ2v) is 9.65. The Morgan fingerprint density at radius 1 is 1.17 bits per heavy atom. The Kier molecular flexibility index (Phi) is 6.42. The summed E-state index contributed by atoms with van der Waals surface area (Å²) in [5.41, 5.74) is 1.56. The lowest BCUT2D eigenvalue weighted by molar-refractivity contribution is -0.178. The smallest absolute Gasteiger partial charge is 0.306 e. The van der Waals surface area contributed by atoms with E-state index in [1.54, 1.807) is 19.1 Å². The van der Waals surface area contributed by atoms with Crippen molar-refractivity contribution in [1.29, 1.82) is 0 Å². The van der Waals surface area contributed by atoms with Crippen molar-refractivity contribution in [2.24, 2.45) is 17.6 Å². The van der Waals surface area contributed by atoms with Crippen molar-refractivity contribution in [2.45, 2.75) is 63.6 Å². The van der Waals surface area contributed by atoms with E-state index in [-0.39, 0.29) is 23.3 Å². The van der Waals surface area contributed by atoms with Crippen molar-refractivity contribution >= 4 is 29.2 Å². The Labute approximate surface area is 207 Å². The summed E-state index contributed by atoms with van der Waals surface area (Å²) < 4.78 is 5.79. The van der Waals surface area contributed by atoms with Crippen LogP contribution >= 0.6 is 0 Å². The molecule has 4 rings (SSSR count). The molecule has 6 N–H and O–H groups in total. The number of phenols is 1. The third kappa shape index (κ3) is 3.59. The van der Waals surface area contributed by atoms with Gasteiger partial charge in [-0.1, -0.05) is 38.8 Å². The first-order valence-electron chi connectivity index (χ1n) is 11.9. The normalized spacial score (nSPS) is 29.4. The van der Waals surface area contributed by atoms with Gasteiger partial charge >= 0.3 is 5.97 Å². The van der Waals surface area contributed by atoms with Gasteiger partial charge in [0, 0.05) is 30.3 Å². The summed E-state index contributed by atoms with van der Waals surface area (Å²) in [6, 6.07) is 4.53. The van der Waals surface area contributed by atoms with Crippen LogP contribution in [-0.4, -0.2) is 55.6 Å². The first-order valence-corrected chi connectivity index (χ1v) is 11.9. The summed E-state index contributed by atoms with van der Waals surface area (Å²) in [6.07, 6.45) is 0.309. The lowest BCUT2D eigenvalue weighted by Gasteiger charge is -2.51. The van der Waals surface area contributed by atoms with Crippen LogP contribution in [0.4, 0.5) is 0 Å². The predicted molar refractivity (Wildman–Crippen MR) is 126 cm³/mol. The molecule has 1 aromatic rings. The number of aliphatic hydroxyl groups excluding tert-OH is 2. The molecule has 0 aliphatic heterocycles. The van der Waals surface area contributed by atoms with E-state index in [0.717, 1.165) is 12.8 Å². The topological polar surface area (TPSA) is 184 Å². The Morgan fingerprint density at radius 3 is 2.50 bits per heavy atom. The highest BCUT2D eigenvalue weighted by atomic mass is 16.5. The number of phenolic OH excluding ortho intramolecular Hbond substituents is 1. The van der Waals surface area contributed by atoms with E-state index < -0.39 is 76.4 Å². The maximum atomic E-state index is 13.8. The molecular weight excluding hydrogens is 470 g/mol. The molecule has 1 saturated carbocycles. The first-order chi connectivity index (χ1) is 17.0. The van der Waals surface area contributed by atoms with Crippen LogP contribution in [0.5, 0.6) is 5.75 Å². The van der Waals surface area contributed by atoms with Crippen molar-refractivity contribution < 1.29 is 44.3 Å². The number of hydrogen-bond acceptors (Lipinski definition) is 9. The molecule has 5 unspecified atom stereocenters. The summed E-state index contributed by atoms with van der Waals surface area (Å²) in [5.74, 6) is -9.22. The lowest BCUT2D eigenvalue weighted by atomic mass is 9.55. The van der Waals surface area contributed by atoms with Crippen LogP contribution in [0.25, 0.3) is 5.76 Å². The quantitative estimate of drug-likeness (QED) is 0.222. The number of carbonyl (C=O) groups is 4. The number of benzene rings is 1. The molecule has 1 amide bonds. The summed E-state index contributed by atoms with van der Waals surface area (Å²) in [6.45, 7) is 3.67. The second-order valence-electron chi connectivity index (χ2n) is 9.65. The van der Waals surface area contributed by atoms with Gasteiger partial charge in [-0.15, -0.1) is 0 Å². The fourth-order valence-corrected chi connectivity index (χ4v) is 5.81. The molecule has 10 heteroatoms. The molecule has 0 saturated heterocycles. The number of Topliss-reactive ketones (excluding diaryl/α,β-unsaturated/α-hetero) is 2. The van der Waals surface area contributed by atoms with Gasteiger partial charge in [-0.2, -0.15) is 0 Å². The van der Waals surface area contributed by atoms with Gasteiger partial charge in [-0.3, -0.25) is 19.2 Å². The van der Waals surface area contributed by atoms with Gasteiger partial charge in [0.15, 0.2) is 11.4 Å². The molecule has 0 heterocycles. The van der Waals surface area contributed by atoms with Crippen LogP contribution < -0.4 is 5.73 Å². The maximum absolute atomic E-state index is 13.8. The first kappa shape index (κ1) is 25.4. The van der Waals surface area contributed by atoms with Crippen LogP contribution in [0.1, 0.15) is 63.0 Å². The zero-order valence-corrected chi connectivity index (χ0v) is 20.0. The van der Waals surface area contributed by atoms with Crippen molar-refractivity contribution in [3.8, 4) is 5.75 Å². The summed E-state index contributed by atoms with van der Waals surface area (Å²) >= 11 is 0. The van der Waals surface area contributed by atoms with E-state index in [1.165, 1.54) is 6.07 Å². The molecule has 0 radical (unpaired) electrons. The molecule has 3 aliphatic carbocycles. The van der Waals surface area contributed by atoms with Crippen LogP contribution in [0.15, 0.2) is 35.1 Å². The fraction of sp³-hybridized carbons (Fsp3) is 0.462. The number of aromatic hydroxyl groups is 1. The van der Waals surface area contributed by atoms with Crippen LogP contribution in [0.2, 0.25) is 0 Å². The molecule has 3 aliphatic rings. The molecule has 0 spiro atoms. The van der Waals surface area contributed by atoms with Crippen molar-refractivity contribution in [3.63, 3.8) is 0 Å². The van der Waals surface area contributed by atoms with Gasteiger partial charge in [0.1, 0.15) is 28.9 Å². The molecule has 1 fully saturated rings. The van der Waals surface area contributed by atoms with Gasteiger partial charge in [-0.05, 0) is 24.0 Å². The monoisotopic (exact) mass is 499 g/mol. The van der Waals surface area contributed by atoms with E-state index >= 15 is 0 Å². The predicted octanol–water partition coefficient (Wildman–Crippen LogP) is 2.09. The van der Waals surface area contributed by atoms with Gasteiger partial charge in [0.05, 0.1) is 5.56 Å². The number of ketones is 2. The highest BCUT2D eigenvalue weighted by Crippen LogP contribution is 2.56. The number of primary amides is 1. The van der Waals surface area contributed by atoms with E-state index in [4.69, 9.17) is 10.5 Å². The van der Waals surface area contributed by atoms with E-state index in [2.05, 4.69) is 0 Å². The summed E-state index contributed by atoms with van der Waals surface area (Å²) in [5, 5.41) is 44.0.